The molecule has 4 rings (SSSR count). The van der Waals surface area contributed by atoms with E-state index in [2.05, 4.69) is 40.5 Å². The van der Waals surface area contributed by atoms with Gasteiger partial charge in [-0.05, 0) is 41.3 Å². The Morgan fingerprint density at radius 3 is 2.57 bits per heavy atom. The lowest BCUT2D eigenvalue weighted by Gasteiger charge is -2.22. The van der Waals surface area contributed by atoms with Crippen molar-refractivity contribution in [3.05, 3.63) is 77.9 Å². The molecule has 28 heavy (non-hydrogen) atoms. The van der Waals surface area contributed by atoms with Crippen LogP contribution in [-0.2, 0) is 11.3 Å². The molecule has 1 N–H and O–H groups in total. The molecule has 3 nitrogen and oxygen atoms in total. The minimum atomic E-state index is -0.964. The van der Waals surface area contributed by atoms with Crippen molar-refractivity contribution < 1.29 is 13.6 Å². The zero-order valence-corrected chi connectivity index (χ0v) is 15.5. The summed E-state index contributed by atoms with van der Waals surface area (Å²) in [5, 5.41) is 5.10. The fraction of sp³-hybridized carbons (Fsp3) is 0.261. The second-order valence-electron chi connectivity index (χ2n) is 7.27. The molecule has 0 heterocycles. The number of carbonyl (C=O) groups is 1. The van der Waals surface area contributed by atoms with E-state index in [4.69, 9.17) is 0 Å². The summed E-state index contributed by atoms with van der Waals surface area (Å²) in [5.74, 6) is -2.09. The third kappa shape index (κ3) is 4.37. The Morgan fingerprint density at radius 1 is 1.00 bits per heavy atom. The number of amides is 1. The van der Waals surface area contributed by atoms with Crippen molar-refractivity contribution in [2.45, 2.75) is 31.8 Å². The van der Waals surface area contributed by atoms with E-state index in [9.17, 15) is 13.6 Å². The fourth-order valence-corrected chi connectivity index (χ4v) is 3.52. The number of nitrogens with one attached hydrogen (secondary N) is 1. The summed E-state index contributed by atoms with van der Waals surface area (Å²) in [4.78, 5) is 14.6. The van der Waals surface area contributed by atoms with Crippen LogP contribution in [0.2, 0.25) is 0 Å². The molecule has 3 aromatic rings. The van der Waals surface area contributed by atoms with Crippen molar-refractivity contribution in [1.82, 2.24) is 4.90 Å². The Balaban J connectivity index is 1.40. The molecular weight excluding hydrogens is 358 g/mol. The van der Waals surface area contributed by atoms with Crippen LogP contribution in [0.5, 0.6) is 0 Å². The fourth-order valence-electron chi connectivity index (χ4n) is 3.52. The molecule has 0 saturated heterocycles. The highest BCUT2D eigenvalue weighted by molar-refractivity contribution is 5.90. The first-order valence-electron chi connectivity index (χ1n) is 9.56. The Kier molecular flexibility index (Phi) is 5.35. The molecule has 1 fully saturated rings. The first-order valence-corrected chi connectivity index (χ1v) is 9.56. The van der Waals surface area contributed by atoms with Gasteiger partial charge in [-0.25, -0.2) is 8.78 Å². The van der Waals surface area contributed by atoms with Gasteiger partial charge in [0.25, 0.3) is 0 Å². The van der Waals surface area contributed by atoms with E-state index in [1.165, 1.54) is 22.4 Å². The van der Waals surface area contributed by atoms with Crippen molar-refractivity contribution in [3.63, 3.8) is 0 Å². The number of carbonyl (C=O) groups excluding carboxylic acids is 1. The summed E-state index contributed by atoms with van der Waals surface area (Å²) < 4.78 is 26.3. The predicted octanol–water partition coefficient (Wildman–Crippen LogP) is 5.11. The van der Waals surface area contributed by atoms with Crippen LogP contribution in [0.25, 0.3) is 10.8 Å². The van der Waals surface area contributed by atoms with E-state index >= 15 is 0 Å². The number of fused-ring (bicyclic) bond motifs is 1. The lowest BCUT2D eigenvalue weighted by atomic mass is 10.0. The maximum absolute atomic E-state index is 13.3. The van der Waals surface area contributed by atoms with E-state index in [1.807, 2.05) is 12.1 Å². The van der Waals surface area contributed by atoms with Crippen LogP contribution in [0.4, 0.5) is 14.5 Å². The van der Waals surface area contributed by atoms with Gasteiger partial charge < -0.3 is 5.32 Å². The van der Waals surface area contributed by atoms with Gasteiger partial charge in [-0.3, -0.25) is 9.69 Å². The molecule has 1 aliphatic rings. The van der Waals surface area contributed by atoms with Crippen LogP contribution in [-0.4, -0.2) is 23.4 Å². The van der Waals surface area contributed by atoms with Gasteiger partial charge in [0.1, 0.15) is 0 Å². The maximum Gasteiger partial charge on any atom is 0.225 e. The first kappa shape index (κ1) is 18.6. The van der Waals surface area contributed by atoms with Gasteiger partial charge in [-0.15, -0.1) is 0 Å². The van der Waals surface area contributed by atoms with Crippen LogP contribution >= 0.6 is 0 Å². The van der Waals surface area contributed by atoms with Crippen molar-refractivity contribution in [3.8, 4) is 0 Å². The maximum atomic E-state index is 13.3. The summed E-state index contributed by atoms with van der Waals surface area (Å²) in [6.45, 7) is 1.42. The average Bonchev–Trinajstić information content (AvgIpc) is 3.53. The molecule has 0 atom stereocenters. The Bertz CT molecular complexity index is 996. The predicted molar refractivity (Wildman–Crippen MR) is 107 cm³/mol. The highest BCUT2D eigenvalue weighted by atomic mass is 19.2. The molecule has 0 radical (unpaired) electrons. The van der Waals surface area contributed by atoms with Gasteiger partial charge in [0.05, 0.1) is 0 Å². The first-order chi connectivity index (χ1) is 13.6. The molecule has 0 bridgehead atoms. The molecule has 5 heteroatoms. The standard InChI is InChI=1S/C23H22F2N2O/c24-21-11-8-18(14-22(21)25)26-23(28)12-13-27(19-9-10-19)15-17-6-3-5-16-4-1-2-7-20(16)17/h1-8,11,14,19H,9-10,12-13,15H2,(H,26,28). The molecule has 1 aliphatic carbocycles. The molecule has 0 spiro atoms. The van der Waals surface area contributed by atoms with Gasteiger partial charge >= 0.3 is 0 Å². The number of rotatable bonds is 7. The molecule has 0 aromatic heterocycles. The largest absolute Gasteiger partial charge is 0.326 e. The second-order valence-corrected chi connectivity index (χ2v) is 7.27. The van der Waals surface area contributed by atoms with Gasteiger partial charge in [-0.2, -0.15) is 0 Å². The van der Waals surface area contributed by atoms with E-state index in [-0.39, 0.29) is 11.6 Å². The van der Waals surface area contributed by atoms with E-state index in [0.717, 1.165) is 31.5 Å². The van der Waals surface area contributed by atoms with Crippen LogP contribution in [0.1, 0.15) is 24.8 Å². The second kappa shape index (κ2) is 8.07. The monoisotopic (exact) mass is 380 g/mol. The topological polar surface area (TPSA) is 32.3 Å². The van der Waals surface area contributed by atoms with Crippen LogP contribution in [0.15, 0.2) is 60.7 Å². The molecule has 0 unspecified atom stereocenters. The minimum Gasteiger partial charge on any atom is -0.326 e. The van der Waals surface area contributed by atoms with Gasteiger partial charge in [-0.1, -0.05) is 42.5 Å². The number of benzene rings is 3. The van der Waals surface area contributed by atoms with E-state index in [1.54, 1.807) is 0 Å². The SMILES string of the molecule is O=C(CCN(Cc1cccc2ccccc12)C1CC1)Nc1ccc(F)c(F)c1. The zero-order chi connectivity index (χ0) is 19.5. The summed E-state index contributed by atoms with van der Waals surface area (Å²) in [7, 11) is 0. The summed E-state index contributed by atoms with van der Waals surface area (Å²) in [5.41, 5.74) is 1.53. The number of nitrogens with zero attached hydrogens (tertiary/aromatic N) is 1. The lowest BCUT2D eigenvalue weighted by molar-refractivity contribution is -0.116. The number of anilines is 1. The molecule has 1 amide bonds. The molecule has 144 valence electrons. The Hall–Kier alpha value is -2.79. The minimum absolute atomic E-state index is 0.199. The number of halogens is 2. The molecule has 0 aliphatic heterocycles. The third-order valence-corrected chi connectivity index (χ3v) is 5.15. The van der Waals surface area contributed by atoms with E-state index in [0.29, 0.717) is 19.0 Å². The summed E-state index contributed by atoms with van der Waals surface area (Å²) in [6.07, 6.45) is 2.60. The van der Waals surface area contributed by atoms with E-state index < -0.39 is 11.6 Å². The highest BCUT2D eigenvalue weighted by Gasteiger charge is 2.29. The van der Waals surface area contributed by atoms with Crippen LogP contribution in [0.3, 0.4) is 0 Å². The molecule has 3 aromatic carbocycles. The molecular formula is C23H22F2N2O. The number of hydrogen-bond donors (Lipinski definition) is 1. The van der Waals surface area contributed by atoms with Crippen molar-refractivity contribution in [1.29, 1.82) is 0 Å². The summed E-state index contributed by atoms with van der Waals surface area (Å²) in [6, 6.07) is 18.5. The highest BCUT2D eigenvalue weighted by Crippen LogP contribution is 2.30. The van der Waals surface area contributed by atoms with Crippen LogP contribution in [0, 0.1) is 11.6 Å². The smallest absolute Gasteiger partial charge is 0.225 e. The van der Waals surface area contributed by atoms with Gasteiger partial charge in [0.2, 0.25) is 5.91 Å². The third-order valence-electron chi connectivity index (χ3n) is 5.15. The zero-order valence-electron chi connectivity index (χ0n) is 15.5. The number of hydrogen-bond acceptors (Lipinski definition) is 2. The van der Waals surface area contributed by atoms with Crippen molar-refractivity contribution in [2.24, 2.45) is 0 Å². The lowest BCUT2D eigenvalue weighted by Crippen LogP contribution is -2.29. The van der Waals surface area contributed by atoms with Gasteiger partial charge in [0.15, 0.2) is 11.6 Å². The summed E-state index contributed by atoms with van der Waals surface area (Å²) >= 11 is 0. The van der Waals surface area contributed by atoms with Gasteiger partial charge in [0, 0.05) is 37.3 Å². The Morgan fingerprint density at radius 2 is 1.79 bits per heavy atom. The molecule has 1 saturated carbocycles. The Labute approximate surface area is 163 Å². The van der Waals surface area contributed by atoms with Crippen molar-refractivity contribution in [2.75, 3.05) is 11.9 Å². The normalized spacial score (nSPS) is 13.8. The van der Waals surface area contributed by atoms with Crippen molar-refractivity contribution >= 4 is 22.4 Å². The average molecular weight is 380 g/mol. The van der Waals surface area contributed by atoms with Crippen LogP contribution < -0.4 is 5.32 Å². The quantitative estimate of drug-likeness (QED) is 0.618.